The van der Waals surface area contributed by atoms with Gasteiger partial charge in [-0.1, -0.05) is 42.0 Å². The maximum atomic E-state index is 5.71. The lowest BCUT2D eigenvalue weighted by Crippen LogP contribution is -2.34. The summed E-state index contributed by atoms with van der Waals surface area (Å²) >= 11 is 33.0. The number of H-pyrrole nitrogens is 2. The summed E-state index contributed by atoms with van der Waals surface area (Å²) in [6.45, 7) is 5.14. The van der Waals surface area contributed by atoms with E-state index in [2.05, 4.69) is 303 Å². The number of fused-ring (bicyclic) bond motifs is 8. The Morgan fingerprint density at radius 2 is 0.681 bits per heavy atom. The van der Waals surface area contributed by atoms with Crippen LogP contribution in [0.15, 0.2) is 115 Å². The molecule has 0 saturated heterocycles. The molecule has 69 heavy (non-hydrogen) atoms. The fourth-order valence-electron chi connectivity index (χ4n) is 8.63. The largest absolute Gasteiger partial charge is 0.375 e. The summed E-state index contributed by atoms with van der Waals surface area (Å²) in [6, 6.07) is 34.8. The molecular weight excluding hydrogens is 1390 g/mol. The summed E-state index contributed by atoms with van der Waals surface area (Å²) in [5, 5.41) is 0. The molecule has 9 rings (SSSR count). The number of hydrogen-bond acceptors (Lipinski definition) is 3. The van der Waals surface area contributed by atoms with Crippen LogP contribution in [0.5, 0.6) is 0 Å². The van der Waals surface area contributed by atoms with Crippen molar-refractivity contribution in [2.75, 3.05) is 60.8 Å². The molecule has 2 aliphatic rings. The minimum Gasteiger partial charge on any atom is -0.375 e. The van der Waals surface area contributed by atoms with Gasteiger partial charge in [-0.2, -0.15) is 0 Å². The van der Waals surface area contributed by atoms with Gasteiger partial charge in [0.05, 0.1) is 123 Å². The fraction of sp³-hybridized carbons (Fsp3) is 0.185. The molecule has 0 saturated carbocycles. The van der Waals surface area contributed by atoms with Crippen molar-refractivity contribution in [3.05, 3.63) is 143 Å². The fourth-order valence-corrected chi connectivity index (χ4v) is 12.5. The first-order chi connectivity index (χ1) is 32.6. The molecule has 5 heterocycles. The molecule has 3 aromatic heterocycles. The molecule has 2 aliphatic heterocycles. The summed E-state index contributed by atoms with van der Waals surface area (Å²) in [5.74, 6) is 0. The number of halogens is 8. The van der Waals surface area contributed by atoms with Gasteiger partial charge in [-0.15, -0.1) is 0 Å². The molecular formula is C54H47Br8N7+2. The molecule has 2 N–H and O–H groups in total. The molecule has 7 aromatic rings. The smallest absolute Gasteiger partial charge is 0.132 e. The van der Waals surface area contributed by atoms with Crippen LogP contribution in [0.2, 0.25) is 0 Å². The van der Waals surface area contributed by atoms with Crippen molar-refractivity contribution < 1.29 is 0 Å². The van der Waals surface area contributed by atoms with E-state index in [-0.39, 0.29) is 0 Å². The van der Waals surface area contributed by atoms with Gasteiger partial charge < -0.3 is 14.9 Å². The van der Waals surface area contributed by atoms with Gasteiger partial charge in [0.15, 0.2) is 0 Å². The Hall–Kier alpha value is -2.96. The van der Waals surface area contributed by atoms with Crippen LogP contribution in [-0.2, 0) is 0 Å². The third-order valence-electron chi connectivity index (χ3n) is 12.6. The Labute approximate surface area is 470 Å². The van der Waals surface area contributed by atoms with Crippen molar-refractivity contribution >= 4 is 184 Å². The molecule has 15 heteroatoms. The van der Waals surface area contributed by atoms with E-state index >= 15 is 0 Å². The highest BCUT2D eigenvalue weighted by Crippen LogP contribution is 2.53. The van der Waals surface area contributed by atoms with Gasteiger partial charge in [-0.3, -0.25) is 8.97 Å². The molecule has 0 radical (unpaired) electrons. The number of hydrogen-bond donors (Lipinski definition) is 2. The predicted octanol–water partition coefficient (Wildman–Crippen LogP) is 18.4. The maximum absolute atomic E-state index is 5.71. The van der Waals surface area contributed by atoms with Gasteiger partial charge in [-0.05, 0) is 224 Å². The Morgan fingerprint density at radius 1 is 0.420 bits per heavy atom. The van der Waals surface area contributed by atoms with E-state index in [0.29, 0.717) is 8.97 Å². The summed E-state index contributed by atoms with van der Waals surface area (Å²) in [7, 11) is 15.2. The van der Waals surface area contributed by atoms with Crippen LogP contribution in [0, 0.1) is 6.92 Å². The van der Waals surface area contributed by atoms with Crippen LogP contribution < -0.4 is 13.9 Å². The highest BCUT2D eigenvalue weighted by atomic mass is 79.9. The average Bonchev–Trinajstić information content (AvgIpc) is 3.98. The third-order valence-corrected chi connectivity index (χ3v) is 21.0. The van der Waals surface area contributed by atoms with Crippen LogP contribution in [0.1, 0.15) is 35.3 Å². The number of quaternary nitrogens is 2. The quantitative estimate of drug-likeness (QED) is 0.149. The highest BCUT2D eigenvalue weighted by Gasteiger charge is 2.31. The lowest BCUT2D eigenvalue weighted by molar-refractivity contribution is 0.486. The van der Waals surface area contributed by atoms with E-state index in [1.165, 1.54) is 11.4 Å². The monoisotopic (exact) mass is 1420 g/mol. The molecule has 0 unspecified atom stereocenters. The van der Waals surface area contributed by atoms with Crippen molar-refractivity contribution in [3.63, 3.8) is 0 Å². The minimum atomic E-state index is 0.673. The van der Waals surface area contributed by atoms with Crippen molar-refractivity contribution in [3.8, 4) is 44.5 Å². The third kappa shape index (κ3) is 9.26. The summed E-state index contributed by atoms with van der Waals surface area (Å²) < 4.78 is 7.98. The Kier molecular flexibility index (Phi) is 14.4. The van der Waals surface area contributed by atoms with Crippen LogP contribution in [0.4, 0.5) is 17.1 Å². The first kappa shape index (κ1) is 51.0. The van der Waals surface area contributed by atoms with E-state index < -0.39 is 0 Å². The molecule has 0 amide bonds. The van der Waals surface area contributed by atoms with E-state index in [0.717, 1.165) is 143 Å². The Bertz CT molecular complexity index is 3470. The Morgan fingerprint density at radius 3 is 0.942 bits per heavy atom. The lowest BCUT2D eigenvalue weighted by atomic mass is 10.0. The van der Waals surface area contributed by atoms with Crippen LogP contribution in [0.3, 0.4) is 0 Å². The van der Waals surface area contributed by atoms with Crippen LogP contribution in [0.25, 0.3) is 84.5 Å². The van der Waals surface area contributed by atoms with E-state index in [9.17, 15) is 0 Å². The number of aromatic nitrogens is 4. The van der Waals surface area contributed by atoms with Crippen LogP contribution >= 0.6 is 127 Å². The first-order valence-corrected chi connectivity index (χ1v) is 28.4. The van der Waals surface area contributed by atoms with Crippen molar-refractivity contribution in [1.82, 2.24) is 28.9 Å². The van der Waals surface area contributed by atoms with Gasteiger partial charge in [0.25, 0.3) is 0 Å². The second-order valence-electron chi connectivity index (χ2n) is 18.9. The number of benzene rings is 4. The van der Waals surface area contributed by atoms with E-state index in [4.69, 9.17) is 9.97 Å². The van der Waals surface area contributed by atoms with Gasteiger partial charge >= 0.3 is 0 Å². The summed E-state index contributed by atoms with van der Waals surface area (Å²) in [6.07, 6.45) is 0. The molecule has 7 nitrogen and oxygen atoms in total. The maximum Gasteiger partial charge on any atom is 0.132 e. The number of nitrogens with zero attached hydrogens (tertiary/aromatic N) is 5. The van der Waals surface area contributed by atoms with Crippen molar-refractivity contribution in [1.29, 1.82) is 0 Å². The summed E-state index contributed by atoms with van der Waals surface area (Å²) in [4.78, 5) is 21.6. The molecule has 8 bridgehead atoms. The molecule has 0 atom stereocenters. The van der Waals surface area contributed by atoms with Crippen molar-refractivity contribution in [2.45, 2.75) is 13.8 Å². The topological polar surface area (TPSA) is 60.6 Å². The average molecular weight is 1430 g/mol. The van der Waals surface area contributed by atoms with Crippen molar-refractivity contribution in [2.24, 2.45) is 0 Å². The molecule has 4 aromatic carbocycles. The predicted molar refractivity (Wildman–Crippen MR) is 326 cm³/mol. The minimum absolute atomic E-state index is 0.673. The number of anilines is 1. The molecule has 352 valence electrons. The number of nitrogens with one attached hydrogen (secondary N) is 2. The molecule has 0 fully saturated rings. The van der Waals surface area contributed by atoms with Gasteiger partial charge in [0, 0.05) is 41.5 Å². The van der Waals surface area contributed by atoms with Gasteiger partial charge in [0.1, 0.15) is 11.4 Å². The zero-order valence-corrected chi connectivity index (χ0v) is 51.9. The zero-order chi connectivity index (χ0) is 49.6. The van der Waals surface area contributed by atoms with Gasteiger partial charge in [0.2, 0.25) is 0 Å². The normalized spacial score (nSPS) is 13.2. The number of rotatable bonds is 8. The lowest BCUT2D eigenvalue weighted by Gasteiger charge is -2.23. The summed E-state index contributed by atoms with van der Waals surface area (Å²) in [5.41, 5.74) is 18.5. The highest BCUT2D eigenvalue weighted by molar-refractivity contribution is 9.18. The second kappa shape index (κ2) is 19.5. The SMILES string of the molecule is CCN(C)c1ccc(-c2c3nc(c(-c4ccc([N+](C)(C)C)cc4)c4[nH]c(c(Br)c4Br)c(-c4ccc([N+](C)(C)C)cc4)c4nc(c(-c5ccc(C)cc5)c5[nH]c2c(Br)c5Br)C(Br)=C4Br)C(Br)=C3Br)cc1. The van der Waals surface area contributed by atoms with Gasteiger partial charge in [-0.25, -0.2) is 9.97 Å². The first-order valence-electron chi connectivity index (χ1n) is 22.0. The Balaban J connectivity index is 1.57. The number of aromatic amines is 2. The van der Waals surface area contributed by atoms with Crippen LogP contribution in [-0.4, -0.2) is 75.8 Å². The standard InChI is InChI=1S/C54H47Br8N7/c1-10-67(3)32-21-15-29(16-22-32)36-49-41(57)39(55)47(63-49)35(28-13-11-27(2)12-14-28)48-40(56)43(59)51(64-48)37(30-17-23-33(24-18-30)68(4,5)6)53-45(61)46(62)54(66-53)38(52-44(60)42(58)50(36)65-52)31-19-25-34(26-20-31)69(7,8)9/h11-26,63,66H,10H2,1-9H3/q+2. The molecule has 0 aliphatic carbocycles. The number of aryl methyl sites for hydroxylation is 1. The van der Waals surface area contributed by atoms with E-state index in [1.54, 1.807) is 0 Å². The second-order valence-corrected chi connectivity index (χ2v) is 25.3. The van der Waals surface area contributed by atoms with E-state index in [1.807, 2.05) is 0 Å². The zero-order valence-electron chi connectivity index (χ0n) is 39.2. The molecule has 0 spiro atoms.